The van der Waals surface area contributed by atoms with E-state index in [1.54, 1.807) is 25.1 Å². The standard InChI is InChI=1S/C15H21NO2/c1-10-7-11(2)9-16(8-10)15(18)13-5-4-6-14(17)12(13)3/h4-6,10-11,17H,7-9H2,1-3H3. The van der Waals surface area contributed by atoms with E-state index in [1.807, 2.05) is 4.90 Å². The Morgan fingerprint density at radius 1 is 1.28 bits per heavy atom. The molecule has 18 heavy (non-hydrogen) atoms. The Morgan fingerprint density at radius 3 is 2.50 bits per heavy atom. The third kappa shape index (κ3) is 2.50. The first kappa shape index (κ1) is 12.9. The van der Waals surface area contributed by atoms with Crippen LogP contribution in [0.3, 0.4) is 0 Å². The zero-order chi connectivity index (χ0) is 13.3. The average Bonchev–Trinajstić information content (AvgIpc) is 2.30. The molecule has 1 aliphatic heterocycles. The van der Waals surface area contributed by atoms with E-state index in [0.717, 1.165) is 13.1 Å². The largest absolute Gasteiger partial charge is 0.508 e. The Bertz CT molecular complexity index is 446. The van der Waals surface area contributed by atoms with Gasteiger partial charge in [-0.15, -0.1) is 0 Å². The highest BCUT2D eigenvalue weighted by Crippen LogP contribution is 2.25. The molecule has 2 atom stereocenters. The van der Waals surface area contributed by atoms with Crippen molar-refractivity contribution < 1.29 is 9.90 Å². The smallest absolute Gasteiger partial charge is 0.254 e. The van der Waals surface area contributed by atoms with E-state index in [-0.39, 0.29) is 11.7 Å². The van der Waals surface area contributed by atoms with Crippen LogP contribution in [0, 0.1) is 18.8 Å². The highest BCUT2D eigenvalue weighted by molar-refractivity contribution is 5.96. The van der Waals surface area contributed by atoms with Crippen molar-refractivity contribution in [3.05, 3.63) is 29.3 Å². The third-order valence-corrected chi connectivity index (χ3v) is 3.69. The van der Waals surface area contributed by atoms with Gasteiger partial charge in [0.05, 0.1) is 0 Å². The molecule has 2 rings (SSSR count). The molecule has 1 saturated heterocycles. The summed E-state index contributed by atoms with van der Waals surface area (Å²) in [5.74, 6) is 1.34. The molecule has 3 heteroatoms. The van der Waals surface area contributed by atoms with Gasteiger partial charge in [0.15, 0.2) is 0 Å². The minimum Gasteiger partial charge on any atom is -0.508 e. The molecule has 0 spiro atoms. The molecule has 1 heterocycles. The summed E-state index contributed by atoms with van der Waals surface area (Å²) in [6.45, 7) is 7.80. The van der Waals surface area contributed by atoms with Gasteiger partial charge in [-0.05, 0) is 37.3 Å². The summed E-state index contributed by atoms with van der Waals surface area (Å²) in [5.41, 5.74) is 1.30. The molecule has 98 valence electrons. The van der Waals surface area contributed by atoms with Crippen molar-refractivity contribution in [2.45, 2.75) is 27.2 Å². The summed E-state index contributed by atoms with van der Waals surface area (Å²) in [4.78, 5) is 14.4. The Hall–Kier alpha value is -1.51. The molecular weight excluding hydrogens is 226 g/mol. The van der Waals surface area contributed by atoms with E-state index in [4.69, 9.17) is 0 Å². The number of rotatable bonds is 1. The van der Waals surface area contributed by atoms with E-state index in [0.29, 0.717) is 23.0 Å². The molecule has 1 amide bonds. The average molecular weight is 247 g/mol. The van der Waals surface area contributed by atoms with Crippen molar-refractivity contribution in [2.24, 2.45) is 11.8 Å². The first-order valence-corrected chi connectivity index (χ1v) is 6.57. The van der Waals surface area contributed by atoms with Gasteiger partial charge >= 0.3 is 0 Å². The summed E-state index contributed by atoms with van der Waals surface area (Å²) < 4.78 is 0. The molecule has 1 N–H and O–H groups in total. The van der Waals surface area contributed by atoms with Crippen molar-refractivity contribution in [1.29, 1.82) is 0 Å². The lowest BCUT2D eigenvalue weighted by molar-refractivity contribution is 0.0622. The molecule has 0 aliphatic carbocycles. The fourth-order valence-corrected chi connectivity index (χ4v) is 2.85. The Kier molecular flexibility index (Phi) is 3.60. The molecule has 1 fully saturated rings. The number of hydrogen-bond acceptors (Lipinski definition) is 2. The van der Waals surface area contributed by atoms with Crippen molar-refractivity contribution in [3.63, 3.8) is 0 Å². The monoisotopic (exact) mass is 247 g/mol. The van der Waals surface area contributed by atoms with Gasteiger partial charge < -0.3 is 10.0 Å². The lowest BCUT2D eigenvalue weighted by Crippen LogP contribution is -2.42. The highest BCUT2D eigenvalue weighted by Gasteiger charge is 2.27. The van der Waals surface area contributed by atoms with Crippen molar-refractivity contribution in [2.75, 3.05) is 13.1 Å². The van der Waals surface area contributed by atoms with Crippen molar-refractivity contribution in [3.8, 4) is 5.75 Å². The van der Waals surface area contributed by atoms with Gasteiger partial charge in [-0.25, -0.2) is 0 Å². The lowest BCUT2D eigenvalue weighted by atomic mass is 9.91. The van der Waals surface area contributed by atoms with E-state index < -0.39 is 0 Å². The predicted octanol–water partition coefficient (Wildman–Crippen LogP) is 2.82. The molecule has 0 saturated carbocycles. The molecule has 1 aromatic carbocycles. The maximum absolute atomic E-state index is 12.5. The van der Waals surface area contributed by atoms with Gasteiger partial charge in [0, 0.05) is 24.2 Å². The van der Waals surface area contributed by atoms with Gasteiger partial charge in [-0.1, -0.05) is 19.9 Å². The number of aromatic hydroxyl groups is 1. The van der Waals surface area contributed by atoms with Crippen LogP contribution >= 0.6 is 0 Å². The van der Waals surface area contributed by atoms with Crippen molar-refractivity contribution >= 4 is 5.91 Å². The number of piperidine rings is 1. The Balaban J connectivity index is 2.23. The van der Waals surface area contributed by atoms with Gasteiger partial charge in [0.25, 0.3) is 5.91 Å². The number of phenolic OH excluding ortho intramolecular Hbond substituents is 1. The van der Waals surface area contributed by atoms with E-state index in [1.165, 1.54) is 6.42 Å². The van der Waals surface area contributed by atoms with Crippen molar-refractivity contribution in [1.82, 2.24) is 4.90 Å². The second kappa shape index (κ2) is 5.01. The van der Waals surface area contributed by atoms with Gasteiger partial charge in [-0.3, -0.25) is 4.79 Å². The normalized spacial score (nSPS) is 24.1. The number of phenols is 1. The summed E-state index contributed by atoms with van der Waals surface area (Å²) in [6, 6.07) is 5.14. The first-order valence-electron chi connectivity index (χ1n) is 6.57. The van der Waals surface area contributed by atoms with E-state index in [2.05, 4.69) is 13.8 Å². The second-order valence-corrected chi connectivity index (χ2v) is 5.61. The van der Waals surface area contributed by atoms with Crippen LogP contribution in [0.2, 0.25) is 0 Å². The zero-order valence-corrected chi connectivity index (χ0v) is 11.3. The maximum atomic E-state index is 12.5. The molecule has 2 unspecified atom stereocenters. The van der Waals surface area contributed by atoms with Crippen LogP contribution in [0.25, 0.3) is 0 Å². The van der Waals surface area contributed by atoms with Crippen LogP contribution in [0.1, 0.15) is 36.2 Å². The summed E-state index contributed by atoms with van der Waals surface area (Å²) in [6.07, 6.45) is 1.18. The number of likely N-dealkylation sites (tertiary alicyclic amines) is 1. The lowest BCUT2D eigenvalue weighted by Gasteiger charge is -2.35. The highest BCUT2D eigenvalue weighted by atomic mass is 16.3. The third-order valence-electron chi connectivity index (χ3n) is 3.69. The number of nitrogens with zero attached hydrogens (tertiary/aromatic N) is 1. The fourth-order valence-electron chi connectivity index (χ4n) is 2.85. The Morgan fingerprint density at radius 2 is 1.89 bits per heavy atom. The predicted molar refractivity (Wildman–Crippen MR) is 71.7 cm³/mol. The van der Waals surface area contributed by atoms with Crippen LogP contribution < -0.4 is 0 Å². The van der Waals surface area contributed by atoms with Crippen LogP contribution in [0.5, 0.6) is 5.75 Å². The van der Waals surface area contributed by atoms with Crippen LogP contribution in [-0.2, 0) is 0 Å². The maximum Gasteiger partial charge on any atom is 0.254 e. The molecule has 0 aromatic heterocycles. The minimum absolute atomic E-state index is 0.0433. The number of hydrogen-bond donors (Lipinski definition) is 1. The van der Waals surface area contributed by atoms with Crippen LogP contribution in [0.4, 0.5) is 0 Å². The fraction of sp³-hybridized carbons (Fsp3) is 0.533. The second-order valence-electron chi connectivity index (χ2n) is 5.61. The number of benzene rings is 1. The zero-order valence-electron chi connectivity index (χ0n) is 11.3. The molecule has 1 aromatic rings. The minimum atomic E-state index is 0.0433. The first-order chi connectivity index (χ1) is 8.49. The molecule has 0 bridgehead atoms. The summed E-state index contributed by atoms with van der Waals surface area (Å²) in [5, 5.41) is 9.68. The van der Waals surface area contributed by atoms with Crippen LogP contribution in [0.15, 0.2) is 18.2 Å². The molecular formula is C15H21NO2. The van der Waals surface area contributed by atoms with Gasteiger partial charge in [0.1, 0.15) is 5.75 Å². The summed E-state index contributed by atoms with van der Waals surface area (Å²) in [7, 11) is 0. The van der Waals surface area contributed by atoms with E-state index >= 15 is 0 Å². The van der Waals surface area contributed by atoms with Crippen LogP contribution in [-0.4, -0.2) is 29.0 Å². The van der Waals surface area contributed by atoms with E-state index in [9.17, 15) is 9.90 Å². The quantitative estimate of drug-likeness (QED) is 0.829. The number of carbonyl (C=O) groups is 1. The van der Waals surface area contributed by atoms with Gasteiger partial charge in [0.2, 0.25) is 0 Å². The topological polar surface area (TPSA) is 40.5 Å². The molecule has 1 aliphatic rings. The summed E-state index contributed by atoms with van der Waals surface area (Å²) >= 11 is 0. The Labute approximate surface area is 108 Å². The number of carbonyl (C=O) groups excluding carboxylic acids is 1. The molecule has 0 radical (unpaired) electrons. The SMILES string of the molecule is Cc1c(O)cccc1C(=O)N1CC(C)CC(C)C1. The number of amides is 1. The molecule has 3 nitrogen and oxygen atoms in total. The van der Waals surface area contributed by atoms with Gasteiger partial charge in [-0.2, -0.15) is 0 Å².